The van der Waals surface area contributed by atoms with Crippen LogP contribution in [-0.2, 0) is 9.59 Å². The lowest BCUT2D eigenvalue weighted by Crippen LogP contribution is -2.37. The Hall–Kier alpha value is -2.24. The molecule has 1 aromatic carbocycles. The maximum absolute atomic E-state index is 11.7. The highest BCUT2D eigenvalue weighted by Crippen LogP contribution is 2.16. The molecule has 6 heteroatoms. The van der Waals surface area contributed by atoms with Crippen molar-refractivity contribution in [3.63, 3.8) is 0 Å². The molecule has 0 spiro atoms. The summed E-state index contributed by atoms with van der Waals surface area (Å²) in [6, 6.07) is 7.26. The molecule has 20 heavy (non-hydrogen) atoms. The van der Waals surface area contributed by atoms with Crippen LogP contribution in [0.15, 0.2) is 24.3 Å². The largest absolute Gasteiger partial charge is 0.497 e. The van der Waals surface area contributed by atoms with E-state index in [1.54, 1.807) is 12.0 Å². The van der Waals surface area contributed by atoms with E-state index in [2.05, 4.69) is 5.32 Å². The molecule has 0 atom stereocenters. The Labute approximate surface area is 117 Å². The fourth-order valence-electron chi connectivity index (χ4n) is 1.92. The maximum atomic E-state index is 11.7. The number of rotatable bonds is 5. The van der Waals surface area contributed by atoms with Crippen LogP contribution in [0.2, 0.25) is 0 Å². The van der Waals surface area contributed by atoms with E-state index in [9.17, 15) is 9.59 Å². The first-order valence-electron chi connectivity index (χ1n) is 6.50. The van der Waals surface area contributed by atoms with Crippen molar-refractivity contribution >= 4 is 11.8 Å². The number of nitrogens with zero attached hydrogens (tertiary/aromatic N) is 1. The average Bonchev–Trinajstić information content (AvgIpc) is 2.63. The summed E-state index contributed by atoms with van der Waals surface area (Å²) in [4.78, 5) is 24.6. The van der Waals surface area contributed by atoms with Crippen LogP contribution in [0, 0.1) is 0 Å². The molecular weight excluding hydrogens is 260 g/mol. The Morgan fingerprint density at radius 3 is 2.60 bits per heavy atom. The summed E-state index contributed by atoms with van der Waals surface area (Å²) >= 11 is 0. The number of benzene rings is 1. The van der Waals surface area contributed by atoms with Gasteiger partial charge in [-0.3, -0.25) is 9.59 Å². The molecule has 108 valence electrons. The van der Waals surface area contributed by atoms with Crippen LogP contribution in [0.5, 0.6) is 11.5 Å². The van der Waals surface area contributed by atoms with Crippen molar-refractivity contribution in [3.05, 3.63) is 24.3 Å². The second kappa shape index (κ2) is 6.79. The second-order valence-electron chi connectivity index (χ2n) is 4.43. The van der Waals surface area contributed by atoms with Crippen LogP contribution in [0.3, 0.4) is 0 Å². The third kappa shape index (κ3) is 3.88. The number of hydrogen-bond acceptors (Lipinski definition) is 4. The number of ether oxygens (including phenoxy) is 2. The number of methoxy groups -OCH3 is 1. The molecule has 0 unspecified atom stereocenters. The van der Waals surface area contributed by atoms with Gasteiger partial charge in [0.25, 0.3) is 0 Å². The van der Waals surface area contributed by atoms with Gasteiger partial charge in [-0.2, -0.15) is 0 Å². The quantitative estimate of drug-likeness (QED) is 0.847. The predicted octanol–water partition coefficient (Wildman–Crippen LogP) is 0.422. The number of hydrogen-bond donors (Lipinski definition) is 1. The molecule has 0 aromatic heterocycles. The first kappa shape index (κ1) is 14.2. The topological polar surface area (TPSA) is 67.9 Å². The predicted molar refractivity (Wildman–Crippen MR) is 72.7 cm³/mol. The zero-order valence-electron chi connectivity index (χ0n) is 11.4. The third-order valence-corrected chi connectivity index (χ3v) is 3.09. The number of carbonyl (C=O) groups is 2. The van der Waals surface area contributed by atoms with Gasteiger partial charge in [0.2, 0.25) is 11.8 Å². The highest BCUT2D eigenvalue weighted by molar-refractivity contribution is 5.87. The summed E-state index contributed by atoms with van der Waals surface area (Å²) in [6.45, 7) is 1.38. The van der Waals surface area contributed by atoms with Crippen LogP contribution in [-0.4, -0.2) is 50.1 Å². The standard InChI is InChI=1S/C14H18N2O4/c1-19-11-2-4-12(5-3-11)20-9-8-16-7-6-13(17)15-10-14(16)18/h2-5H,6-10H2,1H3,(H,15,17). The molecule has 2 rings (SSSR count). The summed E-state index contributed by atoms with van der Waals surface area (Å²) in [5, 5.41) is 2.56. The average molecular weight is 278 g/mol. The van der Waals surface area contributed by atoms with Crippen molar-refractivity contribution in [1.82, 2.24) is 10.2 Å². The van der Waals surface area contributed by atoms with E-state index in [0.29, 0.717) is 26.1 Å². The zero-order valence-corrected chi connectivity index (χ0v) is 11.4. The summed E-state index contributed by atoms with van der Waals surface area (Å²) in [7, 11) is 1.61. The fourth-order valence-corrected chi connectivity index (χ4v) is 1.92. The van der Waals surface area contributed by atoms with Crippen LogP contribution in [0.1, 0.15) is 6.42 Å². The second-order valence-corrected chi connectivity index (χ2v) is 4.43. The van der Waals surface area contributed by atoms with Crippen molar-refractivity contribution in [1.29, 1.82) is 0 Å². The minimum atomic E-state index is -0.0862. The van der Waals surface area contributed by atoms with Gasteiger partial charge in [0.05, 0.1) is 20.2 Å². The van der Waals surface area contributed by atoms with Crippen LogP contribution >= 0.6 is 0 Å². The number of carbonyl (C=O) groups excluding carboxylic acids is 2. The molecule has 0 aliphatic carbocycles. The molecule has 1 aromatic rings. The molecule has 1 aliphatic rings. The van der Waals surface area contributed by atoms with Gasteiger partial charge in [0.15, 0.2) is 0 Å². The first-order chi connectivity index (χ1) is 9.69. The molecule has 1 fully saturated rings. The lowest BCUT2D eigenvalue weighted by atomic mass is 10.3. The van der Waals surface area contributed by atoms with Gasteiger partial charge >= 0.3 is 0 Å². The highest BCUT2D eigenvalue weighted by atomic mass is 16.5. The van der Waals surface area contributed by atoms with E-state index in [-0.39, 0.29) is 18.4 Å². The van der Waals surface area contributed by atoms with Gasteiger partial charge in [-0.1, -0.05) is 0 Å². The summed E-state index contributed by atoms with van der Waals surface area (Å²) in [6.07, 6.45) is 0.342. The number of nitrogens with one attached hydrogen (secondary N) is 1. The molecule has 0 radical (unpaired) electrons. The SMILES string of the molecule is COc1ccc(OCCN2CCC(=O)NCC2=O)cc1. The highest BCUT2D eigenvalue weighted by Gasteiger charge is 2.19. The van der Waals surface area contributed by atoms with E-state index in [0.717, 1.165) is 11.5 Å². The van der Waals surface area contributed by atoms with Gasteiger partial charge in [0, 0.05) is 13.0 Å². The Balaban J connectivity index is 1.79. The Morgan fingerprint density at radius 2 is 1.90 bits per heavy atom. The molecule has 1 N–H and O–H groups in total. The molecular formula is C14H18N2O4. The smallest absolute Gasteiger partial charge is 0.242 e. The van der Waals surface area contributed by atoms with Crippen LogP contribution in [0.4, 0.5) is 0 Å². The molecule has 6 nitrogen and oxygen atoms in total. The maximum Gasteiger partial charge on any atom is 0.242 e. The van der Waals surface area contributed by atoms with E-state index in [4.69, 9.17) is 9.47 Å². The van der Waals surface area contributed by atoms with Crippen molar-refractivity contribution in [3.8, 4) is 11.5 Å². The van der Waals surface area contributed by atoms with Gasteiger partial charge in [-0.05, 0) is 24.3 Å². The summed E-state index contributed by atoms with van der Waals surface area (Å²) in [5.41, 5.74) is 0. The van der Waals surface area contributed by atoms with Crippen LogP contribution in [0.25, 0.3) is 0 Å². The van der Waals surface area contributed by atoms with E-state index < -0.39 is 0 Å². The lowest BCUT2D eigenvalue weighted by Gasteiger charge is -2.19. The van der Waals surface area contributed by atoms with E-state index >= 15 is 0 Å². The molecule has 1 saturated heterocycles. The first-order valence-corrected chi connectivity index (χ1v) is 6.50. The van der Waals surface area contributed by atoms with Gasteiger partial charge in [0.1, 0.15) is 18.1 Å². The minimum absolute atomic E-state index is 0.0708. The molecule has 1 aliphatic heterocycles. The Morgan fingerprint density at radius 1 is 1.20 bits per heavy atom. The van der Waals surface area contributed by atoms with Crippen molar-refractivity contribution < 1.29 is 19.1 Å². The lowest BCUT2D eigenvalue weighted by molar-refractivity contribution is -0.130. The molecule has 0 saturated carbocycles. The van der Waals surface area contributed by atoms with Crippen molar-refractivity contribution in [2.75, 3.05) is 33.4 Å². The third-order valence-electron chi connectivity index (χ3n) is 3.09. The molecule has 2 amide bonds. The number of amides is 2. The summed E-state index contributed by atoms with van der Waals surface area (Å²) in [5.74, 6) is 1.33. The summed E-state index contributed by atoms with van der Waals surface area (Å²) < 4.78 is 10.6. The monoisotopic (exact) mass is 278 g/mol. The van der Waals surface area contributed by atoms with Crippen molar-refractivity contribution in [2.24, 2.45) is 0 Å². The Bertz CT molecular complexity index is 473. The Kier molecular flexibility index (Phi) is 4.81. The van der Waals surface area contributed by atoms with Gasteiger partial charge in [-0.15, -0.1) is 0 Å². The fraction of sp³-hybridized carbons (Fsp3) is 0.429. The normalized spacial score (nSPS) is 15.6. The zero-order chi connectivity index (χ0) is 14.4. The van der Waals surface area contributed by atoms with Crippen molar-refractivity contribution in [2.45, 2.75) is 6.42 Å². The van der Waals surface area contributed by atoms with Gasteiger partial charge < -0.3 is 19.7 Å². The van der Waals surface area contributed by atoms with Crippen LogP contribution < -0.4 is 14.8 Å². The van der Waals surface area contributed by atoms with Gasteiger partial charge in [-0.25, -0.2) is 0 Å². The van der Waals surface area contributed by atoms with E-state index in [1.807, 2.05) is 24.3 Å². The molecule has 1 heterocycles. The molecule has 0 bridgehead atoms. The van der Waals surface area contributed by atoms with E-state index in [1.165, 1.54) is 0 Å². The minimum Gasteiger partial charge on any atom is -0.497 e.